The van der Waals surface area contributed by atoms with Crippen LogP contribution in [0.2, 0.25) is 0 Å². The molecule has 2 N–H and O–H groups in total. The van der Waals surface area contributed by atoms with Gasteiger partial charge in [-0.2, -0.15) is 5.26 Å². The smallest absolute Gasteiger partial charge is 0.315 e. The van der Waals surface area contributed by atoms with Crippen molar-refractivity contribution in [2.75, 3.05) is 6.54 Å². The van der Waals surface area contributed by atoms with Crippen molar-refractivity contribution >= 4 is 11.9 Å². The fraction of sp³-hybridized carbons (Fsp3) is 0.278. The van der Waals surface area contributed by atoms with E-state index in [-0.39, 0.29) is 12.5 Å². The number of nitriles is 1. The Labute approximate surface area is 145 Å². The average molecular weight is 338 g/mol. The standard InChI is InChI=1S/C18H18N4O3/c19-10-13-3-5-14(6-4-13)12-22-8-7-16(17(22)23)21-18(24)20-11-15-2-1-9-25-15/h1-6,9,16H,7-8,11-12H2,(H2,20,21,24)/t16-/m1/s1. The molecule has 0 spiro atoms. The molecule has 1 fully saturated rings. The van der Waals surface area contributed by atoms with Crippen molar-refractivity contribution in [1.82, 2.24) is 15.5 Å². The summed E-state index contributed by atoms with van der Waals surface area (Å²) in [7, 11) is 0. The Hall–Kier alpha value is -3.27. The molecule has 3 amide bonds. The van der Waals surface area contributed by atoms with Gasteiger partial charge in [-0.25, -0.2) is 4.79 Å². The lowest BCUT2D eigenvalue weighted by Crippen LogP contribution is -2.45. The fourth-order valence-electron chi connectivity index (χ4n) is 2.72. The number of furan rings is 1. The number of amides is 3. The van der Waals surface area contributed by atoms with Crippen LogP contribution in [0.15, 0.2) is 47.1 Å². The number of carbonyl (C=O) groups is 2. The molecule has 128 valence electrons. The van der Waals surface area contributed by atoms with Gasteiger partial charge in [0.2, 0.25) is 5.91 Å². The van der Waals surface area contributed by atoms with E-state index >= 15 is 0 Å². The van der Waals surface area contributed by atoms with Crippen molar-refractivity contribution in [3.05, 3.63) is 59.5 Å². The zero-order valence-corrected chi connectivity index (χ0v) is 13.6. The second-order valence-electron chi connectivity index (χ2n) is 5.82. The average Bonchev–Trinajstić information content (AvgIpc) is 3.26. The third kappa shape index (κ3) is 4.18. The lowest BCUT2D eigenvalue weighted by atomic mass is 10.1. The van der Waals surface area contributed by atoms with Crippen LogP contribution >= 0.6 is 0 Å². The SMILES string of the molecule is N#Cc1ccc(CN2CC[C@@H](NC(=O)NCc3ccco3)C2=O)cc1. The minimum atomic E-state index is -0.519. The summed E-state index contributed by atoms with van der Waals surface area (Å²) in [5.74, 6) is 0.549. The van der Waals surface area contributed by atoms with Gasteiger partial charge in [-0.15, -0.1) is 0 Å². The van der Waals surface area contributed by atoms with Gasteiger partial charge in [-0.1, -0.05) is 12.1 Å². The van der Waals surface area contributed by atoms with E-state index in [1.165, 1.54) is 6.26 Å². The maximum atomic E-state index is 12.4. The highest BCUT2D eigenvalue weighted by atomic mass is 16.3. The summed E-state index contributed by atoms with van der Waals surface area (Å²) in [6, 6.07) is 11.8. The molecule has 1 aromatic heterocycles. The predicted octanol–water partition coefficient (Wildman–Crippen LogP) is 1.75. The second kappa shape index (κ2) is 7.53. The predicted molar refractivity (Wildman–Crippen MR) is 89.1 cm³/mol. The minimum Gasteiger partial charge on any atom is -0.467 e. The highest BCUT2D eigenvalue weighted by molar-refractivity contribution is 5.88. The van der Waals surface area contributed by atoms with Gasteiger partial charge in [-0.3, -0.25) is 4.79 Å². The Balaban J connectivity index is 1.49. The zero-order valence-electron chi connectivity index (χ0n) is 13.6. The molecule has 1 aromatic carbocycles. The van der Waals surface area contributed by atoms with Crippen molar-refractivity contribution in [1.29, 1.82) is 5.26 Å². The fourth-order valence-corrected chi connectivity index (χ4v) is 2.72. The first-order valence-corrected chi connectivity index (χ1v) is 8.00. The Kier molecular flexibility index (Phi) is 5.00. The molecule has 1 aliphatic rings. The first kappa shape index (κ1) is 16.6. The molecular weight excluding hydrogens is 320 g/mol. The third-order valence-electron chi connectivity index (χ3n) is 4.06. The van der Waals surface area contributed by atoms with Gasteiger partial charge in [0, 0.05) is 13.1 Å². The van der Waals surface area contributed by atoms with Crippen LogP contribution in [0.4, 0.5) is 4.79 Å². The van der Waals surface area contributed by atoms with Crippen molar-refractivity contribution in [2.24, 2.45) is 0 Å². The molecule has 7 heteroatoms. The Morgan fingerprint density at radius 1 is 1.32 bits per heavy atom. The lowest BCUT2D eigenvalue weighted by Gasteiger charge is -2.17. The molecule has 2 heterocycles. The van der Waals surface area contributed by atoms with Gasteiger partial charge in [0.25, 0.3) is 0 Å². The largest absolute Gasteiger partial charge is 0.467 e. The second-order valence-corrected chi connectivity index (χ2v) is 5.82. The summed E-state index contributed by atoms with van der Waals surface area (Å²) >= 11 is 0. The summed E-state index contributed by atoms with van der Waals surface area (Å²) < 4.78 is 5.14. The number of hydrogen-bond donors (Lipinski definition) is 2. The van der Waals surface area contributed by atoms with E-state index < -0.39 is 12.1 Å². The summed E-state index contributed by atoms with van der Waals surface area (Å²) in [6.45, 7) is 1.33. The molecule has 3 rings (SSSR count). The minimum absolute atomic E-state index is 0.0995. The number of urea groups is 1. The number of rotatable bonds is 5. The lowest BCUT2D eigenvalue weighted by molar-refractivity contribution is -0.129. The van der Waals surface area contributed by atoms with Crippen LogP contribution in [-0.4, -0.2) is 29.4 Å². The Bertz CT molecular complexity index is 778. The zero-order chi connectivity index (χ0) is 17.6. The van der Waals surface area contributed by atoms with Crippen LogP contribution < -0.4 is 10.6 Å². The van der Waals surface area contributed by atoms with Crippen molar-refractivity contribution in [3.8, 4) is 6.07 Å². The van der Waals surface area contributed by atoms with E-state index in [0.29, 0.717) is 30.8 Å². The van der Waals surface area contributed by atoms with Crippen molar-refractivity contribution < 1.29 is 14.0 Å². The first-order chi connectivity index (χ1) is 12.2. The number of hydrogen-bond acceptors (Lipinski definition) is 4. The summed E-state index contributed by atoms with van der Waals surface area (Å²) in [4.78, 5) is 26.0. The van der Waals surface area contributed by atoms with E-state index in [4.69, 9.17) is 9.68 Å². The van der Waals surface area contributed by atoms with Crippen molar-refractivity contribution in [2.45, 2.75) is 25.6 Å². The Morgan fingerprint density at radius 2 is 2.12 bits per heavy atom. The van der Waals surface area contributed by atoms with Gasteiger partial charge in [0.1, 0.15) is 11.8 Å². The maximum absolute atomic E-state index is 12.4. The molecule has 7 nitrogen and oxygen atoms in total. The molecule has 0 saturated carbocycles. The van der Waals surface area contributed by atoms with Crippen LogP contribution in [0.5, 0.6) is 0 Å². The highest BCUT2D eigenvalue weighted by Gasteiger charge is 2.32. The van der Waals surface area contributed by atoms with Gasteiger partial charge in [-0.05, 0) is 36.2 Å². The van der Waals surface area contributed by atoms with E-state index in [9.17, 15) is 9.59 Å². The number of nitrogens with one attached hydrogen (secondary N) is 2. The molecule has 1 saturated heterocycles. The Morgan fingerprint density at radius 3 is 2.80 bits per heavy atom. The molecule has 1 aliphatic heterocycles. The third-order valence-corrected chi connectivity index (χ3v) is 4.06. The summed E-state index contributed by atoms with van der Waals surface area (Å²) in [5.41, 5.74) is 1.54. The number of nitrogens with zero attached hydrogens (tertiary/aromatic N) is 2. The molecule has 1 atom stereocenters. The molecule has 25 heavy (non-hydrogen) atoms. The topological polar surface area (TPSA) is 98.4 Å². The maximum Gasteiger partial charge on any atom is 0.315 e. The van der Waals surface area contributed by atoms with Crippen molar-refractivity contribution in [3.63, 3.8) is 0 Å². The molecule has 2 aromatic rings. The van der Waals surface area contributed by atoms with Crippen LogP contribution in [0, 0.1) is 11.3 Å². The normalized spacial score (nSPS) is 16.5. The summed E-state index contributed by atoms with van der Waals surface area (Å²) in [5, 5.41) is 14.2. The van der Waals surface area contributed by atoms with Crippen LogP contribution in [0.3, 0.4) is 0 Å². The molecular formula is C18H18N4O3. The highest BCUT2D eigenvalue weighted by Crippen LogP contribution is 2.15. The van der Waals surface area contributed by atoms with Crippen LogP contribution in [0.1, 0.15) is 23.3 Å². The van der Waals surface area contributed by atoms with Crippen LogP contribution in [0.25, 0.3) is 0 Å². The molecule has 0 bridgehead atoms. The number of likely N-dealkylation sites (tertiary alicyclic amines) is 1. The molecule has 0 unspecified atom stereocenters. The molecule has 0 aliphatic carbocycles. The van der Waals surface area contributed by atoms with E-state index in [1.54, 1.807) is 29.2 Å². The first-order valence-electron chi connectivity index (χ1n) is 8.00. The van der Waals surface area contributed by atoms with E-state index in [1.807, 2.05) is 12.1 Å². The number of carbonyl (C=O) groups excluding carboxylic acids is 2. The van der Waals surface area contributed by atoms with E-state index in [2.05, 4.69) is 16.7 Å². The van der Waals surface area contributed by atoms with Gasteiger partial charge in [0.15, 0.2) is 0 Å². The monoisotopic (exact) mass is 338 g/mol. The van der Waals surface area contributed by atoms with Gasteiger partial charge < -0.3 is 20.0 Å². The quantitative estimate of drug-likeness (QED) is 0.868. The summed E-state index contributed by atoms with van der Waals surface area (Å²) in [6.07, 6.45) is 2.11. The van der Waals surface area contributed by atoms with Gasteiger partial charge in [0.05, 0.1) is 24.4 Å². The van der Waals surface area contributed by atoms with Gasteiger partial charge >= 0.3 is 6.03 Å². The number of benzene rings is 1. The van der Waals surface area contributed by atoms with Crippen LogP contribution in [-0.2, 0) is 17.9 Å². The molecule has 0 radical (unpaired) electrons. The van der Waals surface area contributed by atoms with E-state index in [0.717, 1.165) is 5.56 Å².